The maximum atomic E-state index is 10.1. The van der Waals surface area contributed by atoms with E-state index in [-0.39, 0.29) is 12.7 Å². The molecule has 1 aromatic rings. The molecule has 0 saturated carbocycles. The number of piperidine rings is 1. The maximum Gasteiger partial charge on any atom is 0.138 e. The molecule has 3 atom stereocenters. The summed E-state index contributed by atoms with van der Waals surface area (Å²) in [5.41, 5.74) is 1.07. The number of nitrogens with zero attached hydrogens (tertiary/aromatic N) is 1. The summed E-state index contributed by atoms with van der Waals surface area (Å²) in [6.07, 6.45) is 0.0543. The van der Waals surface area contributed by atoms with Crippen LogP contribution in [0.25, 0.3) is 0 Å². The number of benzene rings is 1. The highest BCUT2D eigenvalue weighted by molar-refractivity contribution is 6.32. The number of hydrogen-bond donors (Lipinski definition) is 2. The van der Waals surface area contributed by atoms with Crippen LogP contribution in [0.2, 0.25) is 5.02 Å². The van der Waals surface area contributed by atoms with Crippen molar-refractivity contribution in [3.05, 3.63) is 28.8 Å². The number of hydrogen-bond acceptors (Lipinski definition) is 4. The van der Waals surface area contributed by atoms with E-state index < -0.39 is 6.10 Å². The molecular weight excluding hydrogens is 290 g/mol. The molecule has 21 heavy (non-hydrogen) atoms. The van der Waals surface area contributed by atoms with Gasteiger partial charge in [-0.05, 0) is 43.5 Å². The van der Waals surface area contributed by atoms with Crippen molar-refractivity contribution in [3.63, 3.8) is 0 Å². The molecule has 2 N–H and O–H groups in total. The third-order valence-corrected chi connectivity index (χ3v) is 4.30. The molecule has 0 aliphatic carbocycles. The topological polar surface area (TPSA) is 52.9 Å². The zero-order valence-electron chi connectivity index (χ0n) is 12.6. The second-order valence-corrected chi connectivity index (χ2v) is 6.40. The Labute approximate surface area is 131 Å². The molecule has 0 radical (unpaired) electrons. The summed E-state index contributed by atoms with van der Waals surface area (Å²) in [6.45, 7) is 6.25. The first kappa shape index (κ1) is 16.6. The smallest absolute Gasteiger partial charge is 0.138 e. The lowest BCUT2D eigenvalue weighted by Gasteiger charge is -2.35. The van der Waals surface area contributed by atoms with E-state index in [2.05, 4.69) is 11.8 Å². The van der Waals surface area contributed by atoms with Crippen LogP contribution in [0.5, 0.6) is 5.75 Å². The predicted octanol–water partition coefficient (Wildman–Crippen LogP) is 2.09. The van der Waals surface area contributed by atoms with Crippen LogP contribution >= 0.6 is 11.6 Å². The molecule has 118 valence electrons. The molecule has 2 rings (SSSR count). The van der Waals surface area contributed by atoms with E-state index in [1.165, 1.54) is 0 Å². The number of ether oxygens (including phenoxy) is 1. The third-order valence-electron chi connectivity index (χ3n) is 3.99. The van der Waals surface area contributed by atoms with Crippen molar-refractivity contribution in [3.8, 4) is 5.75 Å². The Balaban J connectivity index is 1.79. The lowest BCUT2D eigenvalue weighted by Crippen LogP contribution is -2.46. The van der Waals surface area contributed by atoms with E-state index in [1.54, 1.807) is 6.07 Å². The van der Waals surface area contributed by atoms with Crippen LogP contribution in [0.1, 0.15) is 18.9 Å². The minimum atomic E-state index is -0.595. The van der Waals surface area contributed by atoms with Gasteiger partial charge in [-0.3, -0.25) is 4.90 Å². The standard InChI is InChI=1S/C16H24ClNO3/c1-11-3-4-14(17)16(7-11)21-10-13(19)8-18-6-5-12(2)15(20)9-18/h3-4,7,12-13,15,19-20H,5-6,8-10H2,1-2H3. The molecule has 0 aromatic heterocycles. The number of likely N-dealkylation sites (tertiary alicyclic amines) is 1. The van der Waals surface area contributed by atoms with E-state index in [0.717, 1.165) is 18.5 Å². The van der Waals surface area contributed by atoms with Crippen LogP contribution < -0.4 is 4.74 Å². The largest absolute Gasteiger partial charge is 0.489 e. The van der Waals surface area contributed by atoms with Crippen LogP contribution in [0, 0.1) is 12.8 Å². The van der Waals surface area contributed by atoms with Gasteiger partial charge in [0.2, 0.25) is 0 Å². The van der Waals surface area contributed by atoms with Gasteiger partial charge in [-0.15, -0.1) is 0 Å². The summed E-state index contributed by atoms with van der Waals surface area (Å²) >= 11 is 6.06. The minimum absolute atomic E-state index is 0.200. The second kappa shape index (κ2) is 7.45. The number of aliphatic hydroxyl groups is 2. The average molecular weight is 314 g/mol. The third kappa shape index (κ3) is 4.85. The van der Waals surface area contributed by atoms with Crippen molar-refractivity contribution in [2.24, 2.45) is 5.92 Å². The Morgan fingerprint density at radius 2 is 2.24 bits per heavy atom. The van der Waals surface area contributed by atoms with Gasteiger partial charge in [0.25, 0.3) is 0 Å². The van der Waals surface area contributed by atoms with E-state index in [4.69, 9.17) is 16.3 Å². The molecule has 1 aromatic carbocycles. The molecule has 1 aliphatic heterocycles. The number of aryl methyl sites for hydroxylation is 1. The van der Waals surface area contributed by atoms with Gasteiger partial charge in [0.05, 0.1) is 11.1 Å². The summed E-state index contributed by atoms with van der Waals surface area (Å²) < 4.78 is 5.60. The Bertz CT molecular complexity index is 469. The SMILES string of the molecule is Cc1ccc(Cl)c(OCC(O)CN2CCC(C)C(O)C2)c1. The average Bonchev–Trinajstić information content (AvgIpc) is 2.44. The van der Waals surface area contributed by atoms with E-state index in [0.29, 0.717) is 29.8 Å². The first-order valence-corrected chi connectivity index (χ1v) is 7.81. The van der Waals surface area contributed by atoms with Crippen molar-refractivity contribution >= 4 is 11.6 Å². The van der Waals surface area contributed by atoms with E-state index >= 15 is 0 Å². The summed E-state index contributed by atoms with van der Waals surface area (Å²) in [5, 5.41) is 20.5. The van der Waals surface area contributed by atoms with Crippen LogP contribution in [0.3, 0.4) is 0 Å². The van der Waals surface area contributed by atoms with Gasteiger partial charge in [-0.2, -0.15) is 0 Å². The van der Waals surface area contributed by atoms with Crippen molar-refractivity contribution < 1.29 is 14.9 Å². The van der Waals surface area contributed by atoms with Gasteiger partial charge in [0.15, 0.2) is 0 Å². The predicted molar refractivity (Wildman–Crippen MR) is 83.9 cm³/mol. The molecular formula is C16H24ClNO3. The fourth-order valence-corrected chi connectivity index (χ4v) is 2.71. The number of rotatable bonds is 5. The lowest BCUT2D eigenvalue weighted by molar-refractivity contribution is 0.000147. The van der Waals surface area contributed by atoms with Crippen LogP contribution in [-0.4, -0.2) is 53.6 Å². The van der Waals surface area contributed by atoms with Gasteiger partial charge in [0, 0.05) is 13.1 Å². The molecule has 1 aliphatic rings. The Hall–Kier alpha value is -0.810. The van der Waals surface area contributed by atoms with Crippen molar-refractivity contribution in [1.29, 1.82) is 0 Å². The lowest BCUT2D eigenvalue weighted by atomic mass is 9.96. The highest BCUT2D eigenvalue weighted by Crippen LogP contribution is 2.25. The maximum absolute atomic E-state index is 10.1. The van der Waals surface area contributed by atoms with Gasteiger partial charge in [0.1, 0.15) is 18.5 Å². The fraction of sp³-hybridized carbons (Fsp3) is 0.625. The van der Waals surface area contributed by atoms with Crippen molar-refractivity contribution in [1.82, 2.24) is 4.90 Å². The highest BCUT2D eigenvalue weighted by Gasteiger charge is 2.25. The van der Waals surface area contributed by atoms with Gasteiger partial charge in [-0.25, -0.2) is 0 Å². The summed E-state index contributed by atoms with van der Waals surface area (Å²) in [5.74, 6) is 0.934. The molecule has 1 fully saturated rings. The molecule has 0 amide bonds. The quantitative estimate of drug-likeness (QED) is 0.874. The number of aliphatic hydroxyl groups excluding tert-OH is 2. The summed E-state index contributed by atoms with van der Waals surface area (Å²) in [7, 11) is 0. The Morgan fingerprint density at radius 3 is 2.95 bits per heavy atom. The van der Waals surface area contributed by atoms with Crippen LogP contribution in [-0.2, 0) is 0 Å². The van der Waals surface area contributed by atoms with Crippen LogP contribution in [0.15, 0.2) is 18.2 Å². The highest BCUT2D eigenvalue weighted by atomic mass is 35.5. The molecule has 0 bridgehead atoms. The Kier molecular flexibility index (Phi) is 5.88. The minimum Gasteiger partial charge on any atom is -0.489 e. The van der Waals surface area contributed by atoms with Gasteiger partial charge >= 0.3 is 0 Å². The number of β-amino-alcohol motifs (C(OH)–C–C–N with tert-alkyl or cyclic N) is 2. The first-order chi connectivity index (χ1) is 9.95. The first-order valence-electron chi connectivity index (χ1n) is 7.43. The Morgan fingerprint density at radius 1 is 1.48 bits per heavy atom. The van der Waals surface area contributed by atoms with Gasteiger partial charge in [-0.1, -0.05) is 24.6 Å². The zero-order valence-corrected chi connectivity index (χ0v) is 13.4. The zero-order chi connectivity index (χ0) is 15.4. The van der Waals surface area contributed by atoms with Crippen molar-refractivity contribution in [2.45, 2.75) is 32.5 Å². The molecule has 3 unspecified atom stereocenters. The summed E-state index contributed by atoms with van der Waals surface area (Å²) in [6, 6.07) is 5.57. The van der Waals surface area contributed by atoms with Crippen molar-refractivity contribution in [2.75, 3.05) is 26.2 Å². The number of halogens is 1. The van der Waals surface area contributed by atoms with Gasteiger partial charge < -0.3 is 14.9 Å². The normalized spacial score (nSPS) is 24.8. The molecule has 1 saturated heterocycles. The monoisotopic (exact) mass is 313 g/mol. The summed E-state index contributed by atoms with van der Waals surface area (Å²) in [4.78, 5) is 2.08. The molecule has 1 heterocycles. The van der Waals surface area contributed by atoms with Crippen LogP contribution in [0.4, 0.5) is 0 Å². The van der Waals surface area contributed by atoms with E-state index in [9.17, 15) is 10.2 Å². The molecule has 0 spiro atoms. The van der Waals surface area contributed by atoms with E-state index in [1.807, 2.05) is 19.1 Å². The molecule has 5 heteroatoms. The second-order valence-electron chi connectivity index (χ2n) is 5.99. The molecule has 4 nitrogen and oxygen atoms in total. The fourth-order valence-electron chi connectivity index (χ4n) is 2.54.